The zero-order chi connectivity index (χ0) is 17.3. The van der Waals surface area contributed by atoms with E-state index in [4.69, 9.17) is 4.74 Å². The summed E-state index contributed by atoms with van der Waals surface area (Å²) < 4.78 is 5.78. The number of anilines is 1. The second-order valence-electron chi connectivity index (χ2n) is 6.24. The summed E-state index contributed by atoms with van der Waals surface area (Å²) >= 11 is 0. The molecule has 1 atom stereocenters. The van der Waals surface area contributed by atoms with Crippen molar-refractivity contribution in [2.24, 2.45) is 0 Å². The van der Waals surface area contributed by atoms with E-state index in [1.54, 1.807) is 0 Å². The Balaban J connectivity index is 1.38. The fourth-order valence-electron chi connectivity index (χ4n) is 2.92. The Kier molecular flexibility index (Phi) is 6.42. The van der Waals surface area contributed by atoms with E-state index in [1.165, 1.54) is 5.56 Å². The Morgan fingerprint density at radius 2 is 1.80 bits per heavy atom. The minimum Gasteiger partial charge on any atom is -0.376 e. The maximum Gasteiger partial charge on any atom is 0.239 e. The summed E-state index contributed by atoms with van der Waals surface area (Å²) in [6.07, 6.45) is 0.0399. The molecule has 25 heavy (non-hydrogen) atoms. The van der Waals surface area contributed by atoms with Crippen LogP contribution in [-0.2, 0) is 16.1 Å². The first-order valence-electron chi connectivity index (χ1n) is 8.73. The summed E-state index contributed by atoms with van der Waals surface area (Å²) in [6, 6.07) is 20.2. The summed E-state index contributed by atoms with van der Waals surface area (Å²) in [5, 5.41) is 6.06. The standard InChI is InChI=1S/C20H25N3O2/c24-20(14-21-18-9-5-2-6-10-18)22-13-19-16-23(11-12-25-19)15-17-7-3-1-4-8-17/h1-10,19,21H,11-16H2,(H,22,24). The number of amides is 1. The van der Waals surface area contributed by atoms with Crippen LogP contribution >= 0.6 is 0 Å². The van der Waals surface area contributed by atoms with Crippen LogP contribution in [0.15, 0.2) is 60.7 Å². The molecule has 1 heterocycles. The molecule has 0 radical (unpaired) electrons. The Labute approximate surface area is 149 Å². The van der Waals surface area contributed by atoms with Crippen molar-refractivity contribution in [3.8, 4) is 0 Å². The van der Waals surface area contributed by atoms with Crippen molar-refractivity contribution in [3.63, 3.8) is 0 Å². The highest BCUT2D eigenvalue weighted by Gasteiger charge is 2.20. The molecule has 2 aromatic carbocycles. The molecule has 1 amide bonds. The van der Waals surface area contributed by atoms with E-state index in [9.17, 15) is 4.79 Å². The van der Waals surface area contributed by atoms with Crippen LogP contribution in [0.4, 0.5) is 5.69 Å². The fourth-order valence-corrected chi connectivity index (χ4v) is 2.92. The maximum absolute atomic E-state index is 12.0. The molecule has 0 aliphatic carbocycles. The van der Waals surface area contributed by atoms with E-state index in [0.717, 1.165) is 25.3 Å². The number of morpholine rings is 1. The number of carbonyl (C=O) groups is 1. The molecule has 0 aromatic heterocycles. The van der Waals surface area contributed by atoms with Crippen molar-refractivity contribution in [3.05, 3.63) is 66.2 Å². The van der Waals surface area contributed by atoms with Crippen molar-refractivity contribution in [2.45, 2.75) is 12.6 Å². The largest absolute Gasteiger partial charge is 0.376 e. The average Bonchev–Trinajstić information content (AvgIpc) is 2.67. The lowest BCUT2D eigenvalue weighted by molar-refractivity contribution is -0.120. The second kappa shape index (κ2) is 9.20. The minimum atomic E-state index is -0.0207. The Bertz CT molecular complexity index is 649. The van der Waals surface area contributed by atoms with Crippen LogP contribution in [0.25, 0.3) is 0 Å². The fraction of sp³-hybridized carbons (Fsp3) is 0.350. The van der Waals surface area contributed by atoms with Gasteiger partial charge in [-0.25, -0.2) is 0 Å². The molecule has 0 spiro atoms. The van der Waals surface area contributed by atoms with Crippen molar-refractivity contribution in [1.29, 1.82) is 0 Å². The number of nitrogens with zero attached hydrogens (tertiary/aromatic N) is 1. The lowest BCUT2D eigenvalue weighted by Crippen LogP contribution is -2.47. The number of rotatable bonds is 7. The number of hydrogen-bond donors (Lipinski definition) is 2. The number of ether oxygens (including phenoxy) is 1. The minimum absolute atomic E-state index is 0.0207. The quantitative estimate of drug-likeness (QED) is 0.811. The third-order valence-corrected chi connectivity index (χ3v) is 4.23. The topological polar surface area (TPSA) is 53.6 Å². The summed E-state index contributed by atoms with van der Waals surface area (Å²) in [6.45, 7) is 4.20. The van der Waals surface area contributed by atoms with Crippen LogP contribution in [0.3, 0.4) is 0 Å². The van der Waals surface area contributed by atoms with Gasteiger partial charge in [0.25, 0.3) is 0 Å². The van der Waals surface area contributed by atoms with Crippen LogP contribution in [0.1, 0.15) is 5.56 Å². The molecular formula is C20H25N3O2. The van der Waals surface area contributed by atoms with Gasteiger partial charge in [0, 0.05) is 31.9 Å². The van der Waals surface area contributed by atoms with Gasteiger partial charge in [0.05, 0.1) is 19.3 Å². The number of para-hydroxylation sites is 1. The Morgan fingerprint density at radius 1 is 1.08 bits per heavy atom. The number of benzene rings is 2. The first-order valence-corrected chi connectivity index (χ1v) is 8.73. The van der Waals surface area contributed by atoms with E-state index < -0.39 is 0 Å². The first kappa shape index (κ1) is 17.5. The smallest absolute Gasteiger partial charge is 0.239 e. The Hall–Kier alpha value is -2.37. The molecular weight excluding hydrogens is 314 g/mol. The molecule has 0 saturated carbocycles. The van der Waals surface area contributed by atoms with Gasteiger partial charge in [-0.1, -0.05) is 48.5 Å². The van der Waals surface area contributed by atoms with Crippen LogP contribution in [0, 0.1) is 0 Å². The predicted molar refractivity (Wildman–Crippen MR) is 99.4 cm³/mol. The molecule has 1 saturated heterocycles. The van der Waals surface area contributed by atoms with Crippen molar-refractivity contribution in [1.82, 2.24) is 10.2 Å². The van der Waals surface area contributed by atoms with E-state index in [-0.39, 0.29) is 18.6 Å². The van der Waals surface area contributed by atoms with Crippen LogP contribution in [0.5, 0.6) is 0 Å². The summed E-state index contributed by atoms with van der Waals surface area (Å²) in [4.78, 5) is 14.4. The summed E-state index contributed by atoms with van der Waals surface area (Å²) in [5.41, 5.74) is 2.25. The third kappa shape index (κ3) is 5.89. The van der Waals surface area contributed by atoms with Crippen molar-refractivity contribution < 1.29 is 9.53 Å². The van der Waals surface area contributed by atoms with Gasteiger partial charge in [-0.05, 0) is 17.7 Å². The summed E-state index contributed by atoms with van der Waals surface area (Å²) in [7, 11) is 0. The molecule has 3 rings (SSSR count). The van der Waals surface area contributed by atoms with Crippen LogP contribution in [-0.4, -0.2) is 49.7 Å². The molecule has 132 valence electrons. The lowest BCUT2D eigenvalue weighted by Gasteiger charge is -2.33. The highest BCUT2D eigenvalue weighted by atomic mass is 16.5. The van der Waals surface area contributed by atoms with Gasteiger partial charge in [0.2, 0.25) is 5.91 Å². The lowest BCUT2D eigenvalue weighted by atomic mass is 10.2. The average molecular weight is 339 g/mol. The predicted octanol–water partition coefficient (Wildman–Crippen LogP) is 2.12. The normalized spacial score (nSPS) is 17.8. The molecule has 1 aliphatic heterocycles. The molecule has 1 fully saturated rings. The Morgan fingerprint density at radius 3 is 2.56 bits per heavy atom. The highest BCUT2D eigenvalue weighted by molar-refractivity contribution is 5.80. The van der Waals surface area contributed by atoms with Gasteiger partial charge >= 0.3 is 0 Å². The maximum atomic E-state index is 12.0. The first-order chi connectivity index (χ1) is 12.3. The van der Waals surface area contributed by atoms with Gasteiger partial charge in [-0.15, -0.1) is 0 Å². The highest BCUT2D eigenvalue weighted by Crippen LogP contribution is 2.10. The van der Waals surface area contributed by atoms with Crippen molar-refractivity contribution >= 4 is 11.6 Å². The number of nitrogens with one attached hydrogen (secondary N) is 2. The van der Waals surface area contributed by atoms with Gasteiger partial charge < -0.3 is 15.4 Å². The summed E-state index contributed by atoms with van der Waals surface area (Å²) in [5.74, 6) is -0.0207. The van der Waals surface area contributed by atoms with Gasteiger partial charge in [-0.2, -0.15) is 0 Å². The van der Waals surface area contributed by atoms with E-state index in [0.29, 0.717) is 13.2 Å². The van der Waals surface area contributed by atoms with Gasteiger partial charge in [-0.3, -0.25) is 9.69 Å². The van der Waals surface area contributed by atoms with Gasteiger partial charge in [0.1, 0.15) is 0 Å². The molecule has 5 nitrogen and oxygen atoms in total. The molecule has 5 heteroatoms. The molecule has 1 unspecified atom stereocenters. The molecule has 2 aromatic rings. The van der Waals surface area contributed by atoms with E-state index in [2.05, 4.69) is 39.8 Å². The van der Waals surface area contributed by atoms with Crippen LogP contribution < -0.4 is 10.6 Å². The monoisotopic (exact) mass is 339 g/mol. The molecule has 2 N–H and O–H groups in total. The van der Waals surface area contributed by atoms with Crippen LogP contribution in [0.2, 0.25) is 0 Å². The van der Waals surface area contributed by atoms with E-state index >= 15 is 0 Å². The zero-order valence-electron chi connectivity index (χ0n) is 14.4. The second-order valence-corrected chi connectivity index (χ2v) is 6.24. The van der Waals surface area contributed by atoms with E-state index in [1.807, 2.05) is 36.4 Å². The third-order valence-electron chi connectivity index (χ3n) is 4.23. The van der Waals surface area contributed by atoms with Gasteiger partial charge in [0.15, 0.2) is 0 Å². The number of hydrogen-bond acceptors (Lipinski definition) is 4. The van der Waals surface area contributed by atoms with Crippen molar-refractivity contribution in [2.75, 3.05) is 38.1 Å². The molecule has 0 bridgehead atoms. The zero-order valence-corrected chi connectivity index (χ0v) is 14.4. The SMILES string of the molecule is O=C(CNc1ccccc1)NCC1CN(Cc2ccccc2)CCO1. The molecule has 1 aliphatic rings. The number of carbonyl (C=O) groups excluding carboxylic acids is 1.